The molecule has 90 valence electrons. The standard InChI is InChI=1S/C13H15FN2O/c1-9-13(2,3-4-17-9)16-12-6-10(8-15)5-11(14)7-12/h5-7,9,16H,3-4H2,1-2H3. The zero-order chi connectivity index (χ0) is 12.5. The molecule has 1 fully saturated rings. The molecule has 0 amide bonds. The fraction of sp³-hybridized carbons (Fsp3) is 0.462. The highest BCUT2D eigenvalue weighted by atomic mass is 19.1. The molecular weight excluding hydrogens is 219 g/mol. The molecule has 1 N–H and O–H groups in total. The Labute approximate surface area is 100 Å². The Morgan fingerprint density at radius 3 is 2.88 bits per heavy atom. The van der Waals surface area contributed by atoms with Crippen LogP contribution in [0, 0.1) is 17.1 Å². The highest BCUT2D eigenvalue weighted by Crippen LogP contribution is 2.30. The molecule has 1 aromatic carbocycles. The van der Waals surface area contributed by atoms with Crippen LogP contribution in [0.2, 0.25) is 0 Å². The number of ether oxygens (including phenoxy) is 1. The van der Waals surface area contributed by atoms with Crippen molar-refractivity contribution in [3.63, 3.8) is 0 Å². The second-order valence-corrected chi connectivity index (χ2v) is 4.65. The van der Waals surface area contributed by atoms with Crippen LogP contribution < -0.4 is 5.32 Å². The van der Waals surface area contributed by atoms with Crippen molar-refractivity contribution in [2.75, 3.05) is 11.9 Å². The predicted octanol–water partition coefficient (Wildman–Crippen LogP) is 2.68. The van der Waals surface area contributed by atoms with Gasteiger partial charge in [0, 0.05) is 12.3 Å². The van der Waals surface area contributed by atoms with Crippen molar-refractivity contribution >= 4 is 5.69 Å². The Balaban J connectivity index is 2.24. The Hall–Kier alpha value is -1.60. The molecule has 1 saturated heterocycles. The largest absolute Gasteiger partial charge is 0.377 e. The van der Waals surface area contributed by atoms with E-state index < -0.39 is 5.82 Å². The van der Waals surface area contributed by atoms with E-state index in [0.717, 1.165) is 6.42 Å². The van der Waals surface area contributed by atoms with Gasteiger partial charge in [-0.1, -0.05) is 0 Å². The lowest BCUT2D eigenvalue weighted by Gasteiger charge is -2.30. The van der Waals surface area contributed by atoms with E-state index in [9.17, 15) is 4.39 Å². The van der Waals surface area contributed by atoms with Crippen LogP contribution in [0.3, 0.4) is 0 Å². The summed E-state index contributed by atoms with van der Waals surface area (Å²) in [7, 11) is 0. The molecule has 1 heterocycles. The first-order valence-corrected chi connectivity index (χ1v) is 5.64. The first-order valence-electron chi connectivity index (χ1n) is 5.64. The summed E-state index contributed by atoms with van der Waals surface area (Å²) in [5.74, 6) is -0.401. The first kappa shape index (κ1) is 11.9. The molecule has 17 heavy (non-hydrogen) atoms. The minimum Gasteiger partial charge on any atom is -0.377 e. The van der Waals surface area contributed by atoms with Gasteiger partial charge in [-0.05, 0) is 38.5 Å². The third-order valence-electron chi connectivity index (χ3n) is 3.34. The SMILES string of the molecule is CC1OCCC1(C)Nc1cc(F)cc(C#N)c1. The summed E-state index contributed by atoms with van der Waals surface area (Å²) in [6.45, 7) is 4.73. The molecule has 2 unspecified atom stereocenters. The molecule has 4 heteroatoms. The van der Waals surface area contributed by atoms with E-state index in [4.69, 9.17) is 10.00 Å². The van der Waals surface area contributed by atoms with Crippen LogP contribution in [0.5, 0.6) is 0 Å². The maximum absolute atomic E-state index is 13.3. The average Bonchev–Trinajstić information content (AvgIpc) is 2.58. The number of anilines is 1. The number of hydrogen-bond acceptors (Lipinski definition) is 3. The second-order valence-electron chi connectivity index (χ2n) is 4.65. The predicted molar refractivity (Wildman–Crippen MR) is 63.2 cm³/mol. The third kappa shape index (κ3) is 2.40. The molecule has 0 spiro atoms. The van der Waals surface area contributed by atoms with Crippen LogP contribution >= 0.6 is 0 Å². The van der Waals surface area contributed by atoms with Gasteiger partial charge in [0.2, 0.25) is 0 Å². The smallest absolute Gasteiger partial charge is 0.126 e. The number of nitrogens with zero attached hydrogens (tertiary/aromatic N) is 1. The molecule has 2 rings (SSSR count). The lowest BCUT2D eigenvalue weighted by atomic mass is 9.94. The van der Waals surface area contributed by atoms with E-state index in [1.54, 1.807) is 6.07 Å². The minimum absolute atomic E-state index is 0.0660. The lowest BCUT2D eigenvalue weighted by Crippen LogP contribution is -2.41. The summed E-state index contributed by atoms with van der Waals surface area (Å²) < 4.78 is 18.8. The van der Waals surface area contributed by atoms with Crippen LogP contribution in [0.4, 0.5) is 10.1 Å². The second kappa shape index (κ2) is 4.34. The van der Waals surface area contributed by atoms with E-state index in [1.165, 1.54) is 12.1 Å². The Morgan fingerprint density at radius 2 is 2.29 bits per heavy atom. The van der Waals surface area contributed by atoms with Crippen LogP contribution in [0.15, 0.2) is 18.2 Å². The number of nitriles is 1. The fourth-order valence-electron chi connectivity index (χ4n) is 2.06. The zero-order valence-electron chi connectivity index (χ0n) is 9.96. The summed E-state index contributed by atoms with van der Waals surface area (Å²) in [5, 5.41) is 12.1. The van der Waals surface area contributed by atoms with Gasteiger partial charge in [0.05, 0.1) is 23.3 Å². The molecule has 0 aliphatic carbocycles. The Kier molecular flexibility index (Phi) is 3.03. The van der Waals surface area contributed by atoms with Gasteiger partial charge in [-0.3, -0.25) is 0 Å². The van der Waals surface area contributed by atoms with E-state index in [1.807, 2.05) is 19.9 Å². The van der Waals surface area contributed by atoms with Crippen molar-refractivity contribution in [3.8, 4) is 6.07 Å². The normalized spacial score (nSPS) is 27.8. The monoisotopic (exact) mass is 234 g/mol. The number of halogens is 1. The fourth-order valence-corrected chi connectivity index (χ4v) is 2.06. The molecular formula is C13H15FN2O. The molecule has 1 aromatic rings. The average molecular weight is 234 g/mol. The van der Waals surface area contributed by atoms with Crippen LogP contribution in [-0.2, 0) is 4.74 Å². The molecule has 0 radical (unpaired) electrons. The highest BCUT2D eigenvalue weighted by Gasteiger charge is 2.36. The molecule has 0 aromatic heterocycles. The summed E-state index contributed by atoms with van der Waals surface area (Å²) in [6, 6.07) is 6.22. The summed E-state index contributed by atoms with van der Waals surface area (Å²) in [6.07, 6.45) is 0.934. The molecule has 3 nitrogen and oxygen atoms in total. The van der Waals surface area contributed by atoms with Gasteiger partial charge in [-0.25, -0.2) is 4.39 Å². The van der Waals surface area contributed by atoms with E-state index in [-0.39, 0.29) is 11.6 Å². The van der Waals surface area contributed by atoms with Gasteiger partial charge in [-0.2, -0.15) is 5.26 Å². The van der Waals surface area contributed by atoms with Crippen molar-refractivity contribution in [1.82, 2.24) is 0 Å². The summed E-state index contributed by atoms with van der Waals surface area (Å²) >= 11 is 0. The van der Waals surface area contributed by atoms with Crippen molar-refractivity contribution in [1.29, 1.82) is 5.26 Å². The summed E-state index contributed by atoms with van der Waals surface area (Å²) in [5.41, 5.74) is 0.740. The van der Waals surface area contributed by atoms with Gasteiger partial charge in [0.15, 0.2) is 0 Å². The number of rotatable bonds is 2. The molecule has 2 atom stereocenters. The van der Waals surface area contributed by atoms with Crippen molar-refractivity contribution in [3.05, 3.63) is 29.6 Å². The van der Waals surface area contributed by atoms with Crippen LogP contribution in [-0.4, -0.2) is 18.2 Å². The van der Waals surface area contributed by atoms with E-state index in [2.05, 4.69) is 5.32 Å². The van der Waals surface area contributed by atoms with E-state index >= 15 is 0 Å². The van der Waals surface area contributed by atoms with Crippen molar-refractivity contribution in [2.24, 2.45) is 0 Å². The minimum atomic E-state index is -0.401. The van der Waals surface area contributed by atoms with Gasteiger partial charge in [0.25, 0.3) is 0 Å². The number of hydrogen-bond donors (Lipinski definition) is 1. The molecule has 1 aliphatic heterocycles. The Morgan fingerprint density at radius 1 is 1.53 bits per heavy atom. The van der Waals surface area contributed by atoms with Crippen molar-refractivity contribution < 1.29 is 9.13 Å². The van der Waals surface area contributed by atoms with Crippen LogP contribution in [0.25, 0.3) is 0 Å². The first-order chi connectivity index (χ1) is 8.03. The topological polar surface area (TPSA) is 45.0 Å². The molecule has 1 aliphatic rings. The summed E-state index contributed by atoms with van der Waals surface area (Å²) in [4.78, 5) is 0. The maximum atomic E-state index is 13.3. The number of nitrogens with one attached hydrogen (secondary N) is 1. The van der Waals surface area contributed by atoms with Crippen molar-refractivity contribution in [2.45, 2.75) is 31.9 Å². The zero-order valence-corrected chi connectivity index (χ0v) is 9.96. The highest BCUT2D eigenvalue weighted by molar-refractivity contribution is 5.51. The van der Waals surface area contributed by atoms with Gasteiger partial charge < -0.3 is 10.1 Å². The molecule has 0 saturated carbocycles. The number of benzene rings is 1. The maximum Gasteiger partial charge on any atom is 0.126 e. The molecule has 0 bridgehead atoms. The third-order valence-corrected chi connectivity index (χ3v) is 3.34. The van der Waals surface area contributed by atoms with Gasteiger partial charge >= 0.3 is 0 Å². The Bertz CT molecular complexity index is 469. The van der Waals surface area contributed by atoms with Gasteiger partial charge in [0.1, 0.15) is 5.82 Å². The van der Waals surface area contributed by atoms with Gasteiger partial charge in [-0.15, -0.1) is 0 Å². The quantitative estimate of drug-likeness (QED) is 0.855. The van der Waals surface area contributed by atoms with E-state index in [0.29, 0.717) is 17.9 Å². The lowest BCUT2D eigenvalue weighted by molar-refractivity contribution is 0.105. The van der Waals surface area contributed by atoms with Crippen LogP contribution in [0.1, 0.15) is 25.8 Å².